The fraction of sp³-hybridized carbons (Fsp3) is 0.412. The van der Waals surface area contributed by atoms with Crippen LogP contribution in [0.2, 0.25) is 0 Å². The number of hydrogen-bond donors (Lipinski definition) is 1. The van der Waals surface area contributed by atoms with Crippen molar-refractivity contribution in [2.24, 2.45) is 0 Å². The van der Waals surface area contributed by atoms with Gasteiger partial charge in [0.15, 0.2) is 0 Å². The van der Waals surface area contributed by atoms with Gasteiger partial charge in [0.2, 0.25) is 0 Å². The van der Waals surface area contributed by atoms with Crippen LogP contribution in [0.25, 0.3) is 5.69 Å². The van der Waals surface area contributed by atoms with Crippen molar-refractivity contribution >= 4 is 0 Å². The molecule has 1 N–H and O–H groups in total. The van der Waals surface area contributed by atoms with Crippen molar-refractivity contribution in [3.63, 3.8) is 0 Å². The highest BCUT2D eigenvalue weighted by Gasteiger charge is 2.11. The average Bonchev–Trinajstić information content (AvgIpc) is 2.92. The van der Waals surface area contributed by atoms with Crippen molar-refractivity contribution in [2.45, 2.75) is 46.2 Å². The molecule has 0 amide bonds. The molecule has 0 saturated heterocycles. The molecular formula is C17H22N4. The Kier molecular flexibility index (Phi) is 4.44. The SMILES string of the molecule is CCc1nccn1-c1ccc(CNC(C)(C)C)cc1C#N. The number of rotatable bonds is 4. The van der Waals surface area contributed by atoms with Gasteiger partial charge in [-0.25, -0.2) is 4.98 Å². The van der Waals surface area contributed by atoms with Gasteiger partial charge in [-0.3, -0.25) is 0 Å². The summed E-state index contributed by atoms with van der Waals surface area (Å²) in [5.41, 5.74) is 2.75. The fourth-order valence-electron chi connectivity index (χ4n) is 2.18. The third-order valence-electron chi connectivity index (χ3n) is 3.30. The van der Waals surface area contributed by atoms with Gasteiger partial charge in [-0.05, 0) is 38.5 Å². The van der Waals surface area contributed by atoms with Crippen molar-refractivity contribution in [3.8, 4) is 11.8 Å². The van der Waals surface area contributed by atoms with Gasteiger partial charge in [-0.15, -0.1) is 0 Å². The van der Waals surface area contributed by atoms with Gasteiger partial charge in [0.1, 0.15) is 11.9 Å². The van der Waals surface area contributed by atoms with E-state index < -0.39 is 0 Å². The summed E-state index contributed by atoms with van der Waals surface area (Å²) >= 11 is 0. The molecule has 0 spiro atoms. The maximum atomic E-state index is 9.43. The minimum atomic E-state index is 0.0607. The number of nitrogens with zero attached hydrogens (tertiary/aromatic N) is 3. The minimum Gasteiger partial charge on any atom is -0.308 e. The molecule has 0 fully saturated rings. The molecule has 4 nitrogen and oxygen atoms in total. The Morgan fingerprint density at radius 1 is 1.33 bits per heavy atom. The van der Waals surface area contributed by atoms with Gasteiger partial charge in [0.05, 0.1) is 11.3 Å². The summed E-state index contributed by atoms with van der Waals surface area (Å²) in [4.78, 5) is 4.32. The van der Waals surface area contributed by atoms with E-state index in [1.165, 1.54) is 0 Å². The Morgan fingerprint density at radius 2 is 2.10 bits per heavy atom. The molecule has 1 aromatic heterocycles. The summed E-state index contributed by atoms with van der Waals surface area (Å²) in [5, 5.41) is 12.9. The maximum absolute atomic E-state index is 9.43. The van der Waals surface area contributed by atoms with E-state index in [9.17, 15) is 5.26 Å². The Hall–Kier alpha value is -2.12. The van der Waals surface area contributed by atoms with E-state index in [1.807, 2.05) is 22.9 Å². The lowest BCUT2D eigenvalue weighted by atomic mass is 10.1. The Labute approximate surface area is 126 Å². The van der Waals surface area contributed by atoms with E-state index in [2.05, 4.69) is 50.1 Å². The minimum absolute atomic E-state index is 0.0607. The first-order chi connectivity index (χ1) is 9.94. The second-order valence-electron chi connectivity index (χ2n) is 6.13. The largest absolute Gasteiger partial charge is 0.308 e. The third kappa shape index (κ3) is 3.71. The Balaban J connectivity index is 2.32. The van der Waals surface area contributed by atoms with Crippen LogP contribution in [-0.4, -0.2) is 15.1 Å². The second-order valence-corrected chi connectivity index (χ2v) is 6.13. The summed E-state index contributed by atoms with van der Waals surface area (Å²) in [5.74, 6) is 0.965. The molecule has 4 heteroatoms. The smallest absolute Gasteiger partial charge is 0.112 e. The van der Waals surface area contributed by atoms with Gasteiger partial charge in [0, 0.05) is 30.9 Å². The van der Waals surface area contributed by atoms with Crippen LogP contribution in [-0.2, 0) is 13.0 Å². The molecular weight excluding hydrogens is 260 g/mol. The highest BCUT2D eigenvalue weighted by Crippen LogP contribution is 2.18. The number of nitrogens with one attached hydrogen (secondary N) is 1. The topological polar surface area (TPSA) is 53.6 Å². The highest BCUT2D eigenvalue weighted by molar-refractivity contribution is 5.51. The number of imidazole rings is 1. The number of benzene rings is 1. The molecule has 1 heterocycles. The van der Waals surface area contributed by atoms with Gasteiger partial charge in [-0.2, -0.15) is 5.26 Å². The number of aryl methyl sites for hydroxylation is 1. The normalized spacial score (nSPS) is 11.4. The van der Waals surface area contributed by atoms with E-state index in [0.717, 1.165) is 30.0 Å². The van der Waals surface area contributed by atoms with Gasteiger partial charge in [0.25, 0.3) is 0 Å². The van der Waals surface area contributed by atoms with E-state index >= 15 is 0 Å². The number of nitriles is 1. The van der Waals surface area contributed by atoms with Crippen molar-refractivity contribution < 1.29 is 0 Å². The van der Waals surface area contributed by atoms with Crippen LogP contribution < -0.4 is 5.32 Å². The lowest BCUT2D eigenvalue weighted by molar-refractivity contribution is 0.424. The number of hydrogen-bond acceptors (Lipinski definition) is 3. The summed E-state index contributed by atoms with van der Waals surface area (Å²) < 4.78 is 1.99. The fourth-order valence-corrected chi connectivity index (χ4v) is 2.18. The quantitative estimate of drug-likeness (QED) is 0.937. The predicted molar refractivity (Wildman–Crippen MR) is 84.2 cm³/mol. The third-order valence-corrected chi connectivity index (χ3v) is 3.30. The average molecular weight is 282 g/mol. The summed E-state index contributed by atoms with van der Waals surface area (Å²) in [6, 6.07) is 8.31. The molecule has 0 aliphatic rings. The van der Waals surface area contributed by atoms with E-state index in [4.69, 9.17) is 0 Å². The molecule has 0 saturated carbocycles. The second kappa shape index (κ2) is 6.11. The molecule has 2 rings (SSSR count). The van der Waals surface area contributed by atoms with Gasteiger partial charge >= 0.3 is 0 Å². The number of aromatic nitrogens is 2. The molecule has 0 aliphatic heterocycles. The summed E-state index contributed by atoms with van der Waals surface area (Å²) in [6.07, 6.45) is 4.52. The standard InChI is InChI=1S/C17H22N4/c1-5-16-19-8-9-21(16)15-7-6-13(10-14(15)11-18)12-20-17(2,3)4/h6-10,20H,5,12H2,1-4H3. The molecule has 0 unspecified atom stereocenters. The van der Waals surface area contributed by atoms with Gasteiger partial charge in [-0.1, -0.05) is 13.0 Å². The molecule has 2 aromatic rings. The molecule has 110 valence electrons. The summed E-state index contributed by atoms with van der Waals surface area (Å²) in [6.45, 7) is 9.21. The van der Waals surface area contributed by atoms with E-state index in [-0.39, 0.29) is 5.54 Å². The van der Waals surface area contributed by atoms with Crippen molar-refractivity contribution in [2.75, 3.05) is 0 Å². The van der Waals surface area contributed by atoms with E-state index in [1.54, 1.807) is 6.20 Å². The molecule has 0 atom stereocenters. The molecule has 21 heavy (non-hydrogen) atoms. The van der Waals surface area contributed by atoms with Crippen molar-refractivity contribution in [1.29, 1.82) is 5.26 Å². The van der Waals surface area contributed by atoms with Crippen LogP contribution in [0.5, 0.6) is 0 Å². The predicted octanol–water partition coefficient (Wildman–Crippen LogP) is 3.19. The molecule has 0 radical (unpaired) electrons. The molecule has 0 bridgehead atoms. The molecule has 1 aromatic carbocycles. The van der Waals surface area contributed by atoms with Crippen LogP contribution in [0.1, 0.15) is 44.6 Å². The zero-order valence-electron chi connectivity index (χ0n) is 13.1. The first-order valence-corrected chi connectivity index (χ1v) is 7.25. The van der Waals surface area contributed by atoms with Crippen LogP contribution >= 0.6 is 0 Å². The highest BCUT2D eigenvalue weighted by atomic mass is 15.1. The Morgan fingerprint density at radius 3 is 2.71 bits per heavy atom. The maximum Gasteiger partial charge on any atom is 0.112 e. The lowest BCUT2D eigenvalue weighted by Gasteiger charge is -2.21. The van der Waals surface area contributed by atoms with Crippen LogP contribution in [0, 0.1) is 11.3 Å². The monoisotopic (exact) mass is 282 g/mol. The van der Waals surface area contributed by atoms with Gasteiger partial charge < -0.3 is 9.88 Å². The van der Waals surface area contributed by atoms with Crippen molar-refractivity contribution in [1.82, 2.24) is 14.9 Å². The first kappa shape index (κ1) is 15.3. The van der Waals surface area contributed by atoms with Crippen LogP contribution in [0.4, 0.5) is 0 Å². The zero-order valence-corrected chi connectivity index (χ0v) is 13.1. The summed E-state index contributed by atoms with van der Waals surface area (Å²) in [7, 11) is 0. The molecule has 0 aliphatic carbocycles. The van der Waals surface area contributed by atoms with Crippen LogP contribution in [0.3, 0.4) is 0 Å². The lowest BCUT2D eigenvalue weighted by Crippen LogP contribution is -2.35. The zero-order chi connectivity index (χ0) is 15.5. The Bertz CT molecular complexity index is 656. The van der Waals surface area contributed by atoms with Crippen molar-refractivity contribution in [3.05, 3.63) is 47.5 Å². The van der Waals surface area contributed by atoms with Crippen LogP contribution in [0.15, 0.2) is 30.6 Å². The van der Waals surface area contributed by atoms with E-state index in [0.29, 0.717) is 5.56 Å². The first-order valence-electron chi connectivity index (χ1n) is 7.25.